The molecule has 2 aliphatic rings. The molecule has 2 fully saturated rings. The minimum atomic E-state index is -0.204. The molecule has 0 spiro atoms. The smallest absolute Gasteiger partial charge is 0.272 e. The van der Waals surface area contributed by atoms with Crippen LogP contribution in [0.15, 0.2) is 83.7 Å². The summed E-state index contributed by atoms with van der Waals surface area (Å²) >= 11 is 6.40. The SMILES string of the molecule is O=C(CN1CCN(C(=O)[C@H]2CCCN(c3c(-c4ccccc4)c4cc(Cl)ccc4[nH]c3=O)C2)CC1)Nc1ccccc1. The Bertz CT molecular complexity index is 1630. The van der Waals surface area contributed by atoms with Crippen molar-refractivity contribution in [2.75, 3.05) is 56.0 Å². The van der Waals surface area contributed by atoms with Crippen LogP contribution < -0.4 is 15.8 Å². The number of hydrogen-bond donors (Lipinski definition) is 2. The van der Waals surface area contributed by atoms with E-state index in [1.165, 1.54) is 0 Å². The van der Waals surface area contributed by atoms with Crippen LogP contribution >= 0.6 is 11.6 Å². The Morgan fingerprint density at radius 3 is 2.36 bits per heavy atom. The van der Waals surface area contributed by atoms with Crippen molar-refractivity contribution in [3.05, 3.63) is 94.2 Å². The van der Waals surface area contributed by atoms with E-state index < -0.39 is 0 Å². The predicted molar refractivity (Wildman–Crippen MR) is 168 cm³/mol. The van der Waals surface area contributed by atoms with Crippen LogP contribution in [0.3, 0.4) is 0 Å². The number of aromatic amines is 1. The molecule has 2 N–H and O–H groups in total. The van der Waals surface area contributed by atoms with E-state index in [-0.39, 0.29) is 23.3 Å². The number of nitrogens with one attached hydrogen (secondary N) is 2. The summed E-state index contributed by atoms with van der Waals surface area (Å²) in [6, 6.07) is 24.8. The zero-order valence-corrected chi connectivity index (χ0v) is 24.1. The summed E-state index contributed by atoms with van der Waals surface area (Å²) in [6.07, 6.45) is 1.60. The number of nitrogens with zero attached hydrogens (tertiary/aromatic N) is 3. The summed E-state index contributed by atoms with van der Waals surface area (Å²) in [4.78, 5) is 48.9. The number of para-hydroxylation sites is 1. The van der Waals surface area contributed by atoms with Gasteiger partial charge in [0, 0.05) is 66.4 Å². The number of carbonyl (C=O) groups is 2. The van der Waals surface area contributed by atoms with Gasteiger partial charge < -0.3 is 20.1 Å². The molecule has 9 heteroatoms. The lowest BCUT2D eigenvalue weighted by Crippen LogP contribution is -2.53. The third-order valence-electron chi connectivity index (χ3n) is 8.21. The monoisotopic (exact) mass is 583 g/mol. The second-order valence-electron chi connectivity index (χ2n) is 11.0. The standard InChI is InChI=1S/C33H34ClN5O3/c34-25-13-14-28-27(20-25)30(23-8-3-1-4-9-23)31(32(41)36-28)39-15-7-10-24(21-39)33(42)38-18-16-37(17-19-38)22-29(40)35-26-11-5-2-6-12-26/h1-6,8-9,11-14,20,24H,7,10,15-19,21-22H2,(H,35,40)(H,36,41)/t24-/m0/s1. The van der Waals surface area contributed by atoms with E-state index in [0.717, 1.165) is 40.6 Å². The minimum Gasteiger partial charge on any atom is -0.366 e. The molecule has 4 aromatic rings. The molecule has 216 valence electrons. The first-order valence-electron chi connectivity index (χ1n) is 14.5. The van der Waals surface area contributed by atoms with Crippen LogP contribution in [0.25, 0.3) is 22.0 Å². The van der Waals surface area contributed by atoms with Crippen LogP contribution in [-0.4, -0.2) is 72.4 Å². The lowest BCUT2D eigenvalue weighted by atomic mass is 9.93. The Morgan fingerprint density at radius 1 is 0.905 bits per heavy atom. The van der Waals surface area contributed by atoms with Gasteiger partial charge in [-0.25, -0.2) is 0 Å². The van der Waals surface area contributed by atoms with E-state index in [0.29, 0.717) is 56.5 Å². The van der Waals surface area contributed by atoms with Gasteiger partial charge in [-0.15, -0.1) is 0 Å². The second kappa shape index (κ2) is 12.4. The molecule has 0 aliphatic carbocycles. The van der Waals surface area contributed by atoms with Gasteiger partial charge in [0.2, 0.25) is 11.8 Å². The number of fused-ring (bicyclic) bond motifs is 1. The summed E-state index contributed by atoms with van der Waals surface area (Å²) in [7, 11) is 0. The highest BCUT2D eigenvalue weighted by Gasteiger charge is 2.33. The van der Waals surface area contributed by atoms with Crippen LogP contribution in [0, 0.1) is 5.92 Å². The number of amides is 2. The molecule has 0 unspecified atom stereocenters. The van der Waals surface area contributed by atoms with Crippen molar-refractivity contribution in [1.82, 2.24) is 14.8 Å². The lowest BCUT2D eigenvalue weighted by Gasteiger charge is -2.39. The number of hydrogen-bond acceptors (Lipinski definition) is 5. The maximum atomic E-state index is 13.7. The Hall–Kier alpha value is -4.14. The summed E-state index contributed by atoms with van der Waals surface area (Å²) in [5.41, 5.74) is 3.70. The lowest BCUT2D eigenvalue weighted by molar-refractivity contribution is -0.137. The van der Waals surface area contributed by atoms with Gasteiger partial charge in [-0.3, -0.25) is 19.3 Å². The van der Waals surface area contributed by atoms with Crippen molar-refractivity contribution in [3.63, 3.8) is 0 Å². The van der Waals surface area contributed by atoms with E-state index in [4.69, 9.17) is 11.6 Å². The number of halogens is 1. The van der Waals surface area contributed by atoms with Crippen LogP contribution in [0.5, 0.6) is 0 Å². The molecule has 1 aromatic heterocycles. The molecular weight excluding hydrogens is 550 g/mol. The number of aromatic nitrogens is 1. The fourth-order valence-corrected chi connectivity index (χ4v) is 6.32. The molecule has 1 atom stereocenters. The van der Waals surface area contributed by atoms with Gasteiger partial charge in [0.25, 0.3) is 5.56 Å². The molecular formula is C33H34ClN5O3. The first kappa shape index (κ1) is 28.0. The van der Waals surface area contributed by atoms with Gasteiger partial charge in [-0.1, -0.05) is 60.1 Å². The van der Waals surface area contributed by atoms with Crippen molar-refractivity contribution in [2.45, 2.75) is 12.8 Å². The summed E-state index contributed by atoms with van der Waals surface area (Å²) in [5, 5.41) is 4.41. The molecule has 42 heavy (non-hydrogen) atoms. The highest BCUT2D eigenvalue weighted by atomic mass is 35.5. The van der Waals surface area contributed by atoms with Crippen LogP contribution in [0.4, 0.5) is 11.4 Å². The number of pyridine rings is 1. The number of H-pyrrole nitrogens is 1. The average molecular weight is 584 g/mol. The van der Waals surface area contributed by atoms with Gasteiger partial charge in [-0.05, 0) is 48.7 Å². The third kappa shape index (κ3) is 6.05. The average Bonchev–Trinajstić information content (AvgIpc) is 3.01. The predicted octanol–water partition coefficient (Wildman–Crippen LogP) is 4.85. The van der Waals surface area contributed by atoms with E-state index in [2.05, 4.69) is 20.1 Å². The van der Waals surface area contributed by atoms with E-state index in [9.17, 15) is 14.4 Å². The van der Waals surface area contributed by atoms with Crippen molar-refractivity contribution in [2.24, 2.45) is 5.92 Å². The summed E-state index contributed by atoms with van der Waals surface area (Å²) in [6.45, 7) is 3.93. The minimum absolute atomic E-state index is 0.0555. The Balaban J connectivity index is 1.16. The third-order valence-corrected chi connectivity index (χ3v) is 8.44. The molecule has 2 aliphatic heterocycles. The topological polar surface area (TPSA) is 88.8 Å². The molecule has 2 amide bonds. The van der Waals surface area contributed by atoms with E-state index in [1.807, 2.05) is 77.7 Å². The van der Waals surface area contributed by atoms with Gasteiger partial charge in [-0.2, -0.15) is 0 Å². The number of piperidine rings is 1. The first-order valence-corrected chi connectivity index (χ1v) is 14.9. The molecule has 3 aromatic carbocycles. The largest absolute Gasteiger partial charge is 0.366 e. The van der Waals surface area contributed by atoms with Crippen molar-refractivity contribution in [3.8, 4) is 11.1 Å². The molecule has 0 saturated carbocycles. The van der Waals surface area contributed by atoms with Crippen molar-refractivity contribution >= 4 is 45.7 Å². The summed E-state index contributed by atoms with van der Waals surface area (Å²) in [5.74, 6) is -0.139. The Kier molecular flexibility index (Phi) is 8.26. The highest BCUT2D eigenvalue weighted by molar-refractivity contribution is 6.31. The fraction of sp³-hybridized carbons (Fsp3) is 0.303. The maximum Gasteiger partial charge on any atom is 0.272 e. The normalized spacial score (nSPS) is 17.8. The van der Waals surface area contributed by atoms with E-state index in [1.54, 1.807) is 6.07 Å². The van der Waals surface area contributed by atoms with Gasteiger partial charge in [0.1, 0.15) is 5.69 Å². The number of anilines is 2. The van der Waals surface area contributed by atoms with Crippen LogP contribution in [0.2, 0.25) is 5.02 Å². The quantitative estimate of drug-likeness (QED) is 0.339. The van der Waals surface area contributed by atoms with Crippen molar-refractivity contribution in [1.29, 1.82) is 0 Å². The molecule has 8 nitrogen and oxygen atoms in total. The first-order chi connectivity index (χ1) is 20.5. The second-order valence-corrected chi connectivity index (χ2v) is 11.5. The maximum absolute atomic E-state index is 13.7. The number of benzene rings is 3. The fourth-order valence-electron chi connectivity index (χ4n) is 6.15. The molecule has 0 bridgehead atoms. The van der Waals surface area contributed by atoms with Crippen LogP contribution in [0.1, 0.15) is 12.8 Å². The van der Waals surface area contributed by atoms with Gasteiger partial charge in [0.05, 0.1) is 12.5 Å². The number of carbonyl (C=O) groups excluding carboxylic acids is 2. The number of piperazine rings is 1. The molecule has 0 radical (unpaired) electrons. The van der Waals surface area contributed by atoms with Gasteiger partial charge >= 0.3 is 0 Å². The number of rotatable bonds is 6. The zero-order chi connectivity index (χ0) is 29.1. The van der Waals surface area contributed by atoms with Crippen LogP contribution in [-0.2, 0) is 9.59 Å². The highest BCUT2D eigenvalue weighted by Crippen LogP contribution is 2.37. The van der Waals surface area contributed by atoms with Crippen molar-refractivity contribution < 1.29 is 9.59 Å². The molecule has 2 saturated heterocycles. The zero-order valence-electron chi connectivity index (χ0n) is 23.4. The van der Waals surface area contributed by atoms with Gasteiger partial charge in [0.15, 0.2) is 0 Å². The Labute approximate surface area is 249 Å². The summed E-state index contributed by atoms with van der Waals surface area (Å²) < 4.78 is 0. The molecule has 6 rings (SSSR count). The molecule has 3 heterocycles. The van der Waals surface area contributed by atoms with E-state index >= 15 is 0 Å². The Morgan fingerprint density at radius 2 is 1.62 bits per heavy atom.